The Labute approximate surface area is 151 Å². The highest BCUT2D eigenvalue weighted by molar-refractivity contribution is 6.31. The highest BCUT2D eigenvalue weighted by atomic mass is 35.5. The summed E-state index contributed by atoms with van der Waals surface area (Å²) >= 11 is 6.11. The van der Waals surface area contributed by atoms with E-state index in [1.54, 1.807) is 10.6 Å². The number of benzene rings is 1. The highest BCUT2D eigenvalue weighted by Gasteiger charge is 2.16. The maximum Gasteiger partial charge on any atom is 0.252 e. The van der Waals surface area contributed by atoms with Crippen LogP contribution in [0.4, 0.5) is 5.69 Å². The third-order valence-corrected chi connectivity index (χ3v) is 4.61. The number of anilines is 1. The monoisotopic (exact) mass is 357 g/mol. The van der Waals surface area contributed by atoms with Gasteiger partial charge in [0, 0.05) is 34.1 Å². The molecule has 0 fully saturated rings. The fourth-order valence-electron chi connectivity index (χ4n) is 2.69. The van der Waals surface area contributed by atoms with Crippen molar-refractivity contribution in [2.24, 2.45) is 0 Å². The number of aryl methyl sites for hydroxylation is 4. The molecule has 0 unspecified atom stereocenters. The Kier molecular flexibility index (Phi) is 4.72. The summed E-state index contributed by atoms with van der Waals surface area (Å²) in [6.07, 6.45) is 0.958. The maximum atomic E-state index is 12.5. The number of nitrogens with one attached hydrogen (secondary N) is 1. The van der Waals surface area contributed by atoms with E-state index in [2.05, 4.69) is 20.4 Å². The lowest BCUT2D eigenvalue weighted by molar-refractivity contribution is -0.115. The summed E-state index contributed by atoms with van der Waals surface area (Å²) in [5, 5.41) is 7.95. The zero-order valence-electron chi connectivity index (χ0n) is 14.7. The Bertz CT molecular complexity index is 964. The van der Waals surface area contributed by atoms with E-state index in [9.17, 15) is 4.79 Å². The second-order valence-electron chi connectivity index (χ2n) is 6.04. The molecule has 0 saturated heterocycles. The molecular formula is C18H20ClN5O. The van der Waals surface area contributed by atoms with Crippen molar-refractivity contribution in [3.8, 4) is 0 Å². The molecular weight excluding hydrogens is 338 g/mol. The summed E-state index contributed by atoms with van der Waals surface area (Å²) in [7, 11) is 0. The van der Waals surface area contributed by atoms with Crippen LogP contribution in [0, 0.1) is 20.8 Å². The van der Waals surface area contributed by atoms with Crippen LogP contribution in [0.1, 0.15) is 35.3 Å². The van der Waals surface area contributed by atoms with Crippen LogP contribution in [-0.4, -0.2) is 25.5 Å². The molecule has 2 aromatic heterocycles. The summed E-state index contributed by atoms with van der Waals surface area (Å²) in [5.74, 6) is 1.19. The van der Waals surface area contributed by atoms with E-state index >= 15 is 0 Å². The molecule has 0 aliphatic carbocycles. The molecule has 3 rings (SSSR count). The van der Waals surface area contributed by atoms with Gasteiger partial charge in [-0.1, -0.05) is 24.6 Å². The van der Waals surface area contributed by atoms with Crippen molar-refractivity contribution in [3.05, 3.63) is 51.6 Å². The SMILES string of the molecule is CCc1nc2nc(C)c(CC(=O)Nc3ccc(C)c(Cl)c3)c(C)n2n1. The minimum absolute atomic E-state index is 0.122. The molecule has 7 heteroatoms. The first-order valence-corrected chi connectivity index (χ1v) is 8.54. The van der Waals surface area contributed by atoms with Crippen LogP contribution in [0.2, 0.25) is 5.02 Å². The molecule has 0 spiro atoms. The quantitative estimate of drug-likeness (QED) is 0.776. The number of carbonyl (C=O) groups is 1. The summed E-state index contributed by atoms with van der Waals surface area (Å²) < 4.78 is 1.71. The molecule has 1 N–H and O–H groups in total. The zero-order valence-corrected chi connectivity index (χ0v) is 15.5. The highest BCUT2D eigenvalue weighted by Crippen LogP contribution is 2.21. The summed E-state index contributed by atoms with van der Waals surface area (Å²) in [4.78, 5) is 21.3. The number of rotatable bonds is 4. The molecule has 0 bridgehead atoms. The standard InChI is InChI=1S/C18H20ClN5O/c1-5-16-22-18-20-11(3)14(12(4)24(18)23-16)9-17(25)21-13-7-6-10(2)15(19)8-13/h6-8H,5,9H2,1-4H3,(H,21,25). The molecule has 0 saturated carbocycles. The van der Waals surface area contributed by atoms with Gasteiger partial charge in [0.15, 0.2) is 5.82 Å². The molecule has 1 aromatic carbocycles. The predicted molar refractivity (Wildman–Crippen MR) is 98.2 cm³/mol. The first-order valence-electron chi connectivity index (χ1n) is 8.16. The van der Waals surface area contributed by atoms with Crippen molar-refractivity contribution in [2.45, 2.75) is 40.5 Å². The Morgan fingerprint density at radius 1 is 1.24 bits per heavy atom. The van der Waals surface area contributed by atoms with E-state index in [-0.39, 0.29) is 12.3 Å². The number of hydrogen-bond donors (Lipinski definition) is 1. The number of halogens is 1. The van der Waals surface area contributed by atoms with Crippen molar-refractivity contribution in [1.82, 2.24) is 19.6 Å². The van der Waals surface area contributed by atoms with Crippen molar-refractivity contribution >= 4 is 29.0 Å². The fourth-order valence-corrected chi connectivity index (χ4v) is 2.87. The van der Waals surface area contributed by atoms with Crippen molar-refractivity contribution < 1.29 is 4.79 Å². The zero-order chi connectivity index (χ0) is 18.1. The minimum atomic E-state index is -0.122. The van der Waals surface area contributed by atoms with E-state index in [1.807, 2.05) is 39.8 Å². The Hall–Kier alpha value is -2.47. The first-order chi connectivity index (χ1) is 11.9. The third kappa shape index (κ3) is 3.49. The fraction of sp³-hybridized carbons (Fsp3) is 0.333. The molecule has 0 radical (unpaired) electrons. The number of aromatic nitrogens is 4. The predicted octanol–water partition coefficient (Wildman–Crippen LogP) is 3.45. The normalized spacial score (nSPS) is 11.1. The van der Waals surface area contributed by atoms with E-state index in [0.717, 1.165) is 34.8 Å². The van der Waals surface area contributed by atoms with Crippen LogP contribution < -0.4 is 5.32 Å². The average Bonchev–Trinajstić information content (AvgIpc) is 2.98. The molecule has 0 aliphatic heterocycles. The Morgan fingerprint density at radius 3 is 2.68 bits per heavy atom. The Morgan fingerprint density at radius 2 is 2.00 bits per heavy atom. The van der Waals surface area contributed by atoms with Gasteiger partial charge in [0.05, 0.1) is 6.42 Å². The molecule has 3 aromatic rings. The van der Waals surface area contributed by atoms with Gasteiger partial charge in [-0.05, 0) is 38.5 Å². The van der Waals surface area contributed by atoms with Crippen LogP contribution in [0.25, 0.3) is 5.78 Å². The second-order valence-corrected chi connectivity index (χ2v) is 6.45. The van der Waals surface area contributed by atoms with E-state index < -0.39 is 0 Å². The van der Waals surface area contributed by atoms with Gasteiger partial charge >= 0.3 is 0 Å². The van der Waals surface area contributed by atoms with Crippen molar-refractivity contribution in [2.75, 3.05) is 5.32 Å². The number of carbonyl (C=O) groups excluding carboxylic acids is 1. The van der Waals surface area contributed by atoms with Gasteiger partial charge in [0.2, 0.25) is 5.91 Å². The van der Waals surface area contributed by atoms with Crippen LogP contribution >= 0.6 is 11.6 Å². The van der Waals surface area contributed by atoms with E-state index in [4.69, 9.17) is 11.6 Å². The maximum absolute atomic E-state index is 12.5. The van der Waals surface area contributed by atoms with Crippen molar-refractivity contribution in [1.29, 1.82) is 0 Å². The molecule has 2 heterocycles. The lowest BCUT2D eigenvalue weighted by Crippen LogP contribution is -2.17. The minimum Gasteiger partial charge on any atom is -0.326 e. The third-order valence-electron chi connectivity index (χ3n) is 4.20. The number of fused-ring (bicyclic) bond motifs is 1. The Balaban J connectivity index is 1.86. The van der Waals surface area contributed by atoms with Gasteiger partial charge in [-0.2, -0.15) is 4.98 Å². The molecule has 1 amide bonds. The van der Waals surface area contributed by atoms with Gasteiger partial charge in [0.25, 0.3) is 5.78 Å². The van der Waals surface area contributed by atoms with Crippen LogP contribution in [0.3, 0.4) is 0 Å². The van der Waals surface area contributed by atoms with Crippen LogP contribution in [0.15, 0.2) is 18.2 Å². The molecule has 6 nitrogen and oxygen atoms in total. The van der Waals surface area contributed by atoms with Gasteiger partial charge in [-0.15, -0.1) is 5.10 Å². The lowest BCUT2D eigenvalue weighted by Gasteiger charge is -2.11. The molecule has 25 heavy (non-hydrogen) atoms. The van der Waals surface area contributed by atoms with Crippen LogP contribution in [0.5, 0.6) is 0 Å². The van der Waals surface area contributed by atoms with Gasteiger partial charge in [-0.3, -0.25) is 4.79 Å². The van der Waals surface area contributed by atoms with E-state index in [1.165, 1.54) is 0 Å². The number of nitrogens with zero attached hydrogens (tertiary/aromatic N) is 4. The summed E-state index contributed by atoms with van der Waals surface area (Å²) in [6.45, 7) is 7.74. The largest absolute Gasteiger partial charge is 0.326 e. The molecule has 0 atom stereocenters. The number of amides is 1. The average molecular weight is 358 g/mol. The van der Waals surface area contributed by atoms with Gasteiger partial charge in [0.1, 0.15) is 0 Å². The number of hydrogen-bond acceptors (Lipinski definition) is 4. The summed E-state index contributed by atoms with van der Waals surface area (Å²) in [6, 6.07) is 5.47. The second kappa shape index (κ2) is 6.80. The van der Waals surface area contributed by atoms with Gasteiger partial charge < -0.3 is 5.32 Å². The summed E-state index contributed by atoms with van der Waals surface area (Å²) in [5.41, 5.74) is 4.18. The molecule has 0 aliphatic rings. The topological polar surface area (TPSA) is 72.2 Å². The van der Waals surface area contributed by atoms with Crippen molar-refractivity contribution in [3.63, 3.8) is 0 Å². The van der Waals surface area contributed by atoms with E-state index in [0.29, 0.717) is 16.5 Å². The lowest BCUT2D eigenvalue weighted by atomic mass is 10.1. The smallest absolute Gasteiger partial charge is 0.252 e. The van der Waals surface area contributed by atoms with Crippen LogP contribution in [-0.2, 0) is 17.6 Å². The van der Waals surface area contributed by atoms with Gasteiger partial charge in [-0.25, -0.2) is 9.50 Å². The molecule has 130 valence electrons. The first kappa shape index (κ1) is 17.4.